The summed E-state index contributed by atoms with van der Waals surface area (Å²) in [6.07, 6.45) is 1.95. The van der Waals surface area contributed by atoms with Gasteiger partial charge in [-0.15, -0.1) is 5.10 Å². The van der Waals surface area contributed by atoms with E-state index in [9.17, 15) is 0 Å². The molecule has 0 spiro atoms. The van der Waals surface area contributed by atoms with Crippen molar-refractivity contribution in [2.24, 2.45) is 0 Å². The van der Waals surface area contributed by atoms with Gasteiger partial charge in [0.1, 0.15) is 5.82 Å². The molecule has 106 valence electrons. The summed E-state index contributed by atoms with van der Waals surface area (Å²) in [6, 6.07) is 8.41. The number of aromatic amines is 1. The quantitative estimate of drug-likeness (QED) is 0.888. The molecule has 0 radical (unpaired) electrons. The van der Waals surface area contributed by atoms with Crippen LogP contribution in [0.4, 0.5) is 5.95 Å². The monoisotopic (exact) mass is 271 g/mol. The smallest absolute Gasteiger partial charge is 0.244 e. The summed E-state index contributed by atoms with van der Waals surface area (Å²) >= 11 is 0. The highest BCUT2D eigenvalue weighted by Gasteiger charge is 2.14. The summed E-state index contributed by atoms with van der Waals surface area (Å²) < 4.78 is 0. The molecule has 0 bridgehead atoms. The van der Waals surface area contributed by atoms with E-state index in [0.29, 0.717) is 0 Å². The Balaban J connectivity index is 1.71. The standard InChI is InChI=1S/C15H21N5/c1-12-5-2-3-6-13(12)11-14-17-15(19-18-14)20-9-4-7-16-8-10-20/h2-3,5-6,16H,4,7-11H2,1H3,(H,17,18,19). The van der Waals surface area contributed by atoms with Crippen LogP contribution in [0.25, 0.3) is 0 Å². The molecule has 1 aromatic carbocycles. The van der Waals surface area contributed by atoms with Gasteiger partial charge in [-0.05, 0) is 31.0 Å². The van der Waals surface area contributed by atoms with Crippen LogP contribution in [-0.2, 0) is 6.42 Å². The van der Waals surface area contributed by atoms with Crippen LogP contribution in [0.5, 0.6) is 0 Å². The molecule has 1 aliphatic heterocycles. The zero-order valence-electron chi connectivity index (χ0n) is 11.9. The predicted molar refractivity (Wildman–Crippen MR) is 80.1 cm³/mol. The normalized spacial score (nSPS) is 16.1. The van der Waals surface area contributed by atoms with Crippen molar-refractivity contribution in [1.82, 2.24) is 20.5 Å². The summed E-state index contributed by atoms with van der Waals surface area (Å²) in [7, 11) is 0. The fraction of sp³-hybridized carbons (Fsp3) is 0.467. The van der Waals surface area contributed by atoms with Gasteiger partial charge in [-0.2, -0.15) is 4.98 Å². The fourth-order valence-corrected chi connectivity index (χ4v) is 2.54. The SMILES string of the molecule is Cc1ccccc1Cc1nc(N2CCCNCC2)n[nH]1. The van der Waals surface area contributed by atoms with Crippen LogP contribution in [0.15, 0.2) is 24.3 Å². The minimum absolute atomic E-state index is 0.811. The lowest BCUT2D eigenvalue weighted by Crippen LogP contribution is -2.28. The summed E-state index contributed by atoms with van der Waals surface area (Å²) in [6.45, 7) is 6.21. The van der Waals surface area contributed by atoms with Gasteiger partial charge in [0, 0.05) is 26.1 Å². The molecule has 1 aromatic heterocycles. The van der Waals surface area contributed by atoms with Gasteiger partial charge in [-0.25, -0.2) is 0 Å². The summed E-state index contributed by atoms with van der Waals surface area (Å²) in [5, 5.41) is 10.8. The van der Waals surface area contributed by atoms with Gasteiger partial charge in [0.15, 0.2) is 0 Å². The van der Waals surface area contributed by atoms with Crippen molar-refractivity contribution in [2.75, 3.05) is 31.1 Å². The Kier molecular flexibility index (Phi) is 3.97. The minimum Gasteiger partial charge on any atom is -0.338 e. The molecule has 0 amide bonds. The predicted octanol–water partition coefficient (Wildman–Crippen LogP) is 1.50. The van der Waals surface area contributed by atoms with Gasteiger partial charge in [-0.1, -0.05) is 24.3 Å². The van der Waals surface area contributed by atoms with Crippen LogP contribution in [0.2, 0.25) is 0 Å². The van der Waals surface area contributed by atoms with Crippen molar-refractivity contribution in [1.29, 1.82) is 0 Å². The van der Waals surface area contributed by atoms with Crippen LogP contribution in [0, 0.1) is 6.92 Å². The second-order valence-corrected chi connectivity index (χ2v) is 5.28. The van der Waals surface area contributed by atoms with E-state index in [0.717, 1.165) is 50.8 Å². The Bertz CT molecular complexity index is 555. The lowest BCUT2D eigenvalue weighted by atomic mass is 10.1. The Morgan fingerprint density at radius 3 is 3.00 bits per heavy atom. The molecular weight excluding hydrogens is 250 g/mol. The lowest BCUT2D eigenvalue weighted by molar-refractivity contribution is 0.724. The number of anilines is 1. The number of nitrogens with one attached hydrogen (secondary N) is 2. The van der Waals surface area contributed by atoms with Gasteiger partial charge in [0.05, 0.1) is 0 Å². The molecule has 5 nitrogen and oxygen atoms in total. The van der Waals surface area contributed by atoms with E-state index in [1.807, 2.05) is 0 Å². The molecule has 1 fully saturated rings. The van der Waals surface area contributed by atoms with E-state index >= 15 is 0 Å². The second-order valence-electron chi connectivity index (χ2n) is 5.28. The number of hydrogen-bond acceptors (Lipinski definition) is 4. The van der Waals surface area contributed by atoms with Gasteiger partial charge in [0.25, 0.3) is 0 Å². The zero-order chi connectivity index (χ0) is 13.8. The minimum atomic E-state index is 0.811. The van der Waals surface area contributed by atoms with Crippen LogP contribution < -0.4 is 10.2 Å². The van der Waals surface area contributed by atoms with Crippen molar-refractivity contribution in [2.45, 2.75) is 19.8 Å². The van der Waals surface area contributed by atoms with Crippen molar-refractivity contribution in [3.05, 3.63) is 41.2 Å². The van der Waals surface area contributed by atoms with E-state index in [1.54, 1.807) is 0 Å². The highest BCUT2D eigenvalue weighted by molar-refractivity contribution is 5.32. The largest absolute Gasteiger partial charge is 0.338 e. The first-order valence-corrected chi connectivity index (χ1v) is 7.24. The molecule has 5 heteroatoms. The molecule has 2 heterocycles. The van der Waals surface area contributed by atoms with Crippen molar-refractivity contribution in [3.63, 3.8) is 0 Å². The molecule has 3 rings (SSSR count). The van der Waals surface area contributed by atoms with Gasteiger partial charge >= 0.3 is 0 Å². The third kappa shape index (κ3) is 2.99. The van der Waals surface area contributed by atoms with Gasteiger partial charge < -0.3 is 10.2 Å². The molecule has 0 aliphatic carbocycles. The number of hydrogen-bond donors (Lipinski definition) is 2. The highest BCUT2D eigenvalue weighted by atomic mass is 15.4. The van der Waals surface area contributed by atoms with E-state index < -0.39 is 0 Å². The summed E-state index contributed by atoms with van der Waals surface area (Å²) in [5.74, 6) is 1.77. The average Bonchev–Trinajstić information content (AvgIpc) is 2.74. The zero-order valence-corrected chi connectivity index (χ0v) is 11.9. The number of H-pyrrole nitrogens is 1. The first-order valence-electron chi connectivity index (χ1n) is 7.24. The second kappa shape index (κ2) is 6.05. The summed E-state index contributed by atoms with van der Waals surface area (Å²) in [4.78, 5) is 6.89. The molecular formula is C15H21N5. The van der Waals surface area contributed by atoms with E-state index in [1.165, 1.54) is 11.1 Å². The maximum Gasteiger partial charge on any atom is 0.244 e. The molecule has 2 N–H and O–H groups in total. The van der Waals surface area contributed by atoms with E-state index in [-0.39, 0.29) is 0 Å². The Morgan fingerprint density at radius 2 is 2.10 bits per heavy atom. The Labute approximate surface area is 119 Å². The van der Waals surface area contributed by atoms with Crippen LogP contribution in [-0.4, -0.2) is 41.4 Å². The van der Waals surface area contributed by atoms with Crippen molar-refractivity contribution in [3.8, 4) is 0 Å². The lowest BCUT2D eigenvalue weighted by Gasteiger charge is -2.16. The maximum absolute atomic E-state index is 4.64. The number of aromatic nitrogens is 3. The number of rotatable bonds is 3. The molecule has 2 aromatic rings. The maximum atomic E-state index is 4.64. The molecule has 0 atom stereocenters. The molecule has 0 unspecified atom stereocenters. The Hall–Kier alpha value is -1.88. The molecule has 1 saturated heterocycles. The Morgan fingerprint density at radius 1 is 1.20 bits per heavy atom. The third-order valence-electron chi connectivity index (χ3n) is 3.76. The highest BCUT2D eigenvalue weighted by Crippen LogP contribution is 2.14. The topological polar surface area (TPSA) is 56.8 Å². The third-order valence-corrected chi connectivity index (χ3v) is 3.76. The number of aryl methyl sites for hydroxylation is 1. The van der Waals surface area contributed by atoms with Crippen molar-refractivity contribution < 1.29 is 0 Å². The number of benzene rings is 1. The van der Waals surface area contributed by atoms with E-state index in [4.69, 9.17) is 0 Å². The molecule has 0 saturated carbocycles. The summed E-state index contributed by atoms with van der Waals surface area (Å²) in [5.41, 5.74) is 2.59. The van der Waals surface area contributed by atoms with Crippen molar-refractivity contribution >= 4 is 5.95 Å². The van der Waals surface area contributed by atoms with Crippen LogP contribution in [0.3, 0.4) is 0 Å². The molecule has 1 aliphatic rings. The van der Waals surface area contributed by atoms with Crippen LogP contribution in [0.1, 0.15) is 23.4 Å². The number of nitrogens with zero attached hydrogens (tertiary/aromatic N) is 3. The first-order chi connectivity index (χ1) is 9.83. The average molecular weight is 271 g/mol. The fourth-order valence-electron chi connectivity index (χ4n) is 2.54. The molecule has 20 heavy (non-hydrogen) atoms. The van der Waals surface area contributed by atoms with Crippen LogP contribution >= 0.6 is 0 Å². The van der Waals surface area contributed by atoms with E-state index in [2.05, 4.69) is 56.6 Å². The first kappa shape index (κ1) is 13.1. The van der Waals surface area contributed by atoms with Gasteiger partial charge in [-0.3, -0.25) is 5.10 Å². The van der Waals surface area contributed by atoms with Gasteiger partial charge in [0.2, 0.25) is 5.95 Å².